The van der Waals surface area contributed by atoms with Crippen LogP contribution in [0.3, 0.4) is 0 Å². The molecule has 136 valence electrons. The average Bonchev–Trinajstić information content (AvgIpc) is 3.40. The molecule has 0 spiro atoms. The van der Waals surface area contributed by atoms with E-state index < -0.39 is 0 Å². The Kier molecular flexibility index (Phi) is 4.58. The number of carbonyl (C=O) groups is 1. The van der Waals surface area contributed by atoms with Crippen LogP contribution in [0.2, 0.25) is 0 Å². The number of hydrogen-bond acceptors (Lipinski definition) is 5. The van der Waals surface area contributed by atoms with Crippen molar-refractivity contribution >= 4 is 17.2 Å². The lowest BCUT2D eigenvalue weighted by Crippen LogP contribution is -2.41. The van der Waals surface area contributed by atoms with Gasteiger partial charge in [0, 0.05) is 56.1 Å². The molecule has 1 atom stereocenters. The van der Waals surface area contributed by atoms with Crippen LogP contribution in [0.1, 0.15) is 42.1 Å². The summed E-state index contributed by atoms with van der Waals surface area (Å²) < 4.78 is 3.96. The van der Waals surface area contributed by atoms with Gasteiger partial charge in [-0.25, -0.2) is 9.97 Å². The van der Waals surface area contributed by atoms with Crippen molar-refractivity contribution < 1.29 is 4.79 Å². The van der Waals surface area contributed by atoms with Gasteiger partial charge in [0.2, 0.25) is 0 Å². The summed E-state index contributed by atoms with van der Waals surface area (Å²) in [5, 5.41) is 6.85. The van der Waals surface area contributed by atoms with E-state index in [9.17, 15) is 4.79 Å². The molecule has 0 aromatic carbocycles. The highest BCUT2D eigenvalue weighted by molar-refractivity contribution is 7.13. The van der Waals surface area contributed by atoms with Crippen LogP contribution in [0, 0.1) is 0 Å². The molecular formula is C18H22N6OS. The van der Waals surface area contributed by atoms with Crippen molar-refractivity contribution in [3.8, 4) is 10.6 Å². The van der Waals surface area contributed by atoms with E-state index in [1.807, 2.05) is 35.9 Å². The Labute approximate surface area is 156 Å². The van der Waals surface area contributed by atoms with Gasteiger partial charge in [0.1, 0.15) is 16.5 Å². The summed E-state index contributed by atoms with van der Waals surface area (Å²) in [6, 6.07) is 0.293. The lowest BCUT2D eigenvalue weighted by molar-refractivity contribution is 0.0673. The first-order chi connectivity index (χ1) is 12.7. The van der Waals surface area contributed by atoms with Gasteiger partial charge < -0.3 is 9.47 Å². The number of piperidine rings is 1. The molecule has 4 rings (SSSR count). The largest absolute Gasteiger partial charge is 0.335 e. The van der Waals surface area contributed by atoms with Gasteiger partial charge in [-0.05, 0) is 12.8 Å². The van der Waals surface area contributed by atoms with Crippen molar-refractivity contribution in [2.75, 3.05) is 13.1 Å². The van der Waals surface area contributed by atoms with Gasteiger partial charge in [-0.3, -0.25) is 9.48 Å². The Bertz CT molecular complexity index is 910. The summed E-state index contributed by atoms with van der Waals surface area (Å²) in [6.07, 6.45) is 10.5. The molecule has 1 unspecified atom stereocenters. The maximum Gasteiger partial charge on any atom is 0.273 e. The van der Waals surface area contributed by atoms with Crippen LogP contribution < -0.4 is 0 Å². The maximum absolute atomic E-state index is 12.9. The maximum atomic E-state index is 12.9. The van der Waals surface area contributed by atoms with Crippen LogP contribution in [-0.4, -0.2) is 48.2 Å². The second-order valence-electron chi connectivity index (χ2n) is 6.59. The first-order valence-electron chi connectivity index (χ1n) is 8.91. The number of rotatable bonds is 4. The van der Waals surface area contributed by atoms with E-state index in [1.54, 1.807) is 10.9 Å². The van der Waals surface area contributed by atoms with Crippen molar-refractivity contribution in [3.63, 3.8) is 0 Å². The SMILES string of the molecule is CCc1nccn1C1CCCN(C(=O)c2csc(-c3cnn(C)c3)n2)C1. The van der Waals surface area contributed by atoms with Crippen LogP contribution in [0.5, 0.6) is 0 Å². The van der Waals surface area contributed by atoms with E-state index in [0.717, 1.165) is 42.2 Å². The number of thiazole rings is 1. The minimum Gasteiger partial charge on any atom is -0.335 e. The first-order valence-corrected chi connectivity index (χ1v) is 9.79. The van der Waals surface area contributed by atoms with Gasteiger partial charge in [0.25, 0.3) is 5.91 Å². The number of aryl methyl sites for hydroxylation is 2. The molecule has 8 heteroatoms. The predicted molar refractivity (Wildman–Crippen MR) is 100 cm³/mol. The van der Waals surface area contributed by atoms with Crippen molar-refractivity contribution in [1.82, 2.24) is 29.2 Å². The zero-order chi connectivity index (χ0) is 18.1. The second kappa shape index (κ2) is 7.03. The molecule has 0 saturated carbocycles. The number of aromatic nitrogens is 5. The van der Waals surface area contributed by atoms with E-state index in [-0.39, 0.29) is 5.91 Å². The molecule has 0 aliphatic carbocycles. The van der Waals surface area contributed by atoms with E-state index in [1.165, 1.54) is 11.3 Å². The van der Waals surface area contributed by atoms with Gasteiger partial charge >= 0.3 is 0 Å². The number of hydrogen-bond donors (Lipinski definition) is 0. The van der Waals surface area contributed by atoms with Gasteiger partial charge in [-0.2, -0.15) is 5.10 Å². The second-order valence-corrected chi connectivity index (χ2v) is 7.45. The highest BCUT2D eigenvalue weighted by Gasteiger charge is 2.27. The predicted octanol–water partition coefficient (Wildman–Crippen LogP) is 2.78. The third-order valence-corrected chi connectivity index (χ3v) is 5.71. The lowest BCUT2D eigenvalue weighted by Gasteiger charge is -2.33. The molecule has 1 fully saturated rings. The van der Waals surface area contributed by atoms with Crippen LogP contribution in [0.4, 0.5) is 0 Å². The first kappa shape index (κ1) is 17.0. The van der Waals surface area contributed by atoms with E-state index >= 15 is 0 Å². The highest BCUT2D eigenvalue weighted by Crippen LogP contribution is 2.27. The summed E-state index contributed by atoms with van der Waals surface area (Å²) >= 11 is 1.49. The van der Waals surface area contributed by atoms with Crippen LogP contribution >= 0.6 is 11.3 Å². The number of likely N-dealkylation sites (tertiary alicyclic amines) is 1. The minimum atomic E-state index is 0.0132. The third-order valence-electron chi connectivity index (χ3n) is 4.82. The quantitative estimate of drug-likeness (QED) is 0.708. The van der Waals surface area contributed by atoms with Crippen molar-refractivity contribution in [3.05, 3.63) is 41.7 Å². The number of amides is 1. The molecular weight excluding hydrogens is 348 g/mol. The fourth-order valence-electron chi connectivity index (χ4n) is 3.51. The van der Waals surface area contributed by atoms with Gasteiger partial charge in [-0.15, -0.1) is 11.3 Å². The molecule has 1 aliphatic rings. The van der Waals surface area contributed by atoms with E-state index in [0.29, 0.717) is 18.3 Å². The molecule has 4 heterocycles. The fourth-order valence-corrected chi connectivity index (χ4v) is 4.28. The smallest absolute Gasteiger partial charge is 0.273 e. The number of nitrogens with zero attached hydrogens (tertiary/aromatic N) is 6. The normalized spacial score (nSPS) is 17.6. The summed E-state index contributed by atoms with van der Waals surface area (Å²) in [4.78, 5) is 23.8. The molecule has 1 aliphatic heterocycles. The van der Waals surface area contributed by atoms with Crippen LogP contribution in [0.25, 0.3) is 10.6 Å². The zero-order valence-electron chi connectivity index (χ0n) is 15.0. The molecule has 0 bridgehead atoms. The van der Waals surface area contributed by atoms with Gasteiger partial charge in [0.05, 0.1) is 12.2 Å². The molecule has 26 heavy (non-hydrogen) atoms. The molecule has 0 radical (unpaired) electrons. The Hall–Kier alpha value is -2.48. The molecule has 3 aromatic heterocycles. The standard InChI is InChI=1S/C18H22N6OS/c1-3-16-19-6-8-24(16)14-5-4-7-23(11-14)18(25)15-12-26-17(21-15)13-9-20-22(2)10-13/h6,8-10,12,14H,3-5,7,11H2,1-2H3. The van der Waals surface area contributed by atoms with Crippen molar-refractivity contribution in [2.45, 2.75) is 32.2 Å². The molecule has 3 aromatic rings. The fraction of sp³-hybridized carbons (Fsp3) is 0.444. The molecule has 1 amide bonds. The Morgan fingerprint density at radius 3 is 3.08 bits per heavy atom. The van der Waals surface area contributed by atoms with Gasteiger partial charge in [0.15, 0.2) is 0 Å². The van der Waals surface area contributed by atoms with E-state index in [4.69, 9.17) is 0 Å². The summed E-state index contributed by atoms with van der Waals surface area (Å²) in [6.45, 7) is 3.60. The highest BCUT2D eigenvalue weighted by atomic mass is 32.1. The molecule has 0 N–H and O–H groups in total. The minimum absolute atomic E-state index is 0.0132. The van der Waals surface area contributed by atoms with Crippen LogP contribution in [-0.2, 0) is 13.5 Å². The Balaban J connectivity index is 1.50. The molecule has 1 saturated heterocycles. The molecule has 7 nitrogen and oxygen atoms in total. The number of carbonyl (C=O) groups excluding carboxylic acids is 1. The monoisotopic (exact) mass is 370 g/mol. The zero-order valence-corrected chi connectivity index (χ0v) is 15.8. The summed E-state index contributed by atoms with van der Waals surface area (Å²) in [5.41, 5.74) is 1.47. The van der Waals surface area contributed by atoms with Crippen molar-refractivity contribution in [1.29, 1.82) is 0 Å². The van der Waals surface area contributed by atoms with Gasteiger partial charge in [-0.1, -0.05) is 6.92 Å². The van der Waals surface area contributed by atoms with Crippen LogP contribution in [0.15, 0.2) is 30.2 Å². The topological polar surface area (TPSA) is 68.8 Å². The van der Waals surface area contributed by atoms with E-state index in [2.05, 4.69) is 26.6 Å². The average molecular weight is 370 g/mol. The third kappa shape index (κ3) is 3.16. The number of imidazole rings is 1. The summed E-state index contributed by atoms with van der Waals surface area (Å²) in [5.74, 6) is 1.09. The lowest BCUT2D eigenvalue weighted by atomic mass is 10.0. The van der Waals surface area contributed by atoms with Crippen molar-refractivity contribution in [2.24, 2.45) is 7.05 Å². The Morgan fingerprint density at radius 2 is 2.31 bits per heavy atom. The summed E-state index contributed by atoms with van der Waals surface area (Å²) in [7, 11) is 1.87. The Morgan fingerprint density at radius 1 is 1.42 bits per heavy atom.